The number of fused-ring (bicyclic) bond motifs is 2. The van der Waals surface area contributed by atoms with E-state index in [-0.39, 0.29) is 22.3 Å². The highest BCUT2D eigenvalue weighted by atomic mass is 32.2. The molecule has 11 nitrogen and oxygen atoms in total. The number of nitrogens with zero attached hydrogens (tertiary/aromatic N) is 2. The Morgan fingerprint density at radius 1 is 0.780 bits per heavy atom. The molecule has 0 fully saturated rings. The van der Waals surface area contributed by atoms with Crippen molar-refractivity contribution in [2.75, 3.05) is 56.6 Å². The molecule has 5 rings (SSSR count). The molecule has 0 radical (unpaired) electrons. The number of hydrogen-bond donors (Lipinski definition) is 2. The minimum atomic E-state index is -4.03. The third-order valence-corrected chi connectivity index (χ3v) is 17.6. The van der Waals surface area contributed by atoms with E-state index >= 15 is 0 Å². The zero-order chi connectivity index (χ0) is 43.1. The summed E-state index contributed by atoms with van der Waals surface area (Å²) in [5, 5.41) is 0. The highest BCUT2D eigenvalue weighted by Gasteiger charge is 2.44. The molecule has 3 aliphatic rings. The molecule has 59 heavy (non-hydrogen) atoms. The van der Waals surface area contributed by atoms with Crippen molar-refractivity contribution in [1.29, 1.82) is 0 Å². The van der Waals surface area contributed by atoms with E-state index < -0.39 is 29.0 Å². The zero-order valence-electron chi connectivity index (χ0n) is 35.7. The van der Waals surface area contributed by atoms with Crippen LogP contribution in [0.2, 0.25) is 6.04 Å². The van der Waals surface area contributed by atoms with E-state index in [1.165, 1.54) is 27.2 Å². The largest absolute Gasteiger partial charge is 0.500 e. The van der Waals surface area contributed by atoms with E-state index in [0.29, 0.717) is 44.8 Å². The van der Waals surface area contributed by atoms with Gasteiger partial charge in [0.2, 0.25) is 5.69 Å². The summed E-state index contributed by atoms with van der Waals surface area (Å²) in [7, 11) is -5.86. The van der Waals surface area contributed by atoms with Crippen LogP contribution < -0.4 is 4.90 Å². The van der Waals surface area contributed by atoms with Crippen LogP contribution in [0.1, 0.15) is 90.2 Å². The Labute approximate surface area is 358 Å². The first kappa shape index (κ1) is 47.2. The van der Waals surface area contributed by atoms with E-state index in [2.05, 4.69) is 97.9 Å². The summed E-state index contributed by atoms with van der Waals surface area (Å²) in [6.07, 6.45) is 14.7. The van der Waals surface area contributed by atoms with Gasteiger partial charge in [0.1, 0.15) is 6.54 Å². The van der Waals surface area contributed by atoms with Gasteiger partial charge in [-0.05, 0) is 93.4 Å². The molecule has 1 aliphatic carbocycles. The van der Waals surface area contributed by atoms with Gasteiger partial charge in [-0.1, -0.05) is 62.4 Å². The molecule has 2 N–H and O–H groups in total. The second-order valence-electron chi connectivity index (χ2n) is 16.5. The van der Waals surface area contributed by atoms with E-state index in [1.54, 1.807) is 21.3 Å². The summed E-state index contributed by atoms with van der Waals surface area (Å²) in [6, 6.07) is 17.5. The Balaban J connectivity index is 1.54. The molecule has 15 heteroatoms. The highest BCUT2D eigenvalue weighted by molar-refractivity contribution is 8.03. The lowest BCUT2D eigenvalue weighted by atomic mass is 9.81. The molecular formula is C44H63N2O9S3Si+. The summed E-state index contributed by atoms with van der Waals surface area (Å²) < 4.78 is 84.1. The van der Waals surface area contributed by atoms with Crippen LogP contribution in [-0.2, 0) is 44.3 Å². The number of benzene rings is 2. The Morgan fingerprint density at radius 3 is 2.07 bits per heavy atom. The normalized spacial score (nSPS) is 19.4. The minimum absolute atomic E-state index is 0.256. The van der Waals surface area contributed by atoms with Crippen LogP contribution in [0, 0.1) is 0 Å². The third-order valence-electron chi connectivity index (χ3n) is 11.8. The molecule has 0 unspecified atom stereocenters. The molecule has 0 amide bonds. The van der Waals surface area contributed by atoms with Gasteiger partial charge in [0, 0.05) is 79.7 Å². The summed E-state index contributed by atoms with van der Waals surface area (Å²) >= 11 is 1.85. The Kier molecular flexibility index (Phi) is 15.9. The second kappa shape index (κ2) is 19.9. The van der Waals surface area contributed by atoms with Gasteiger partial charge in [-0.15, -0.1) is 11.8 Å². The van der Waals surface area contributed by atoms with E-state index in [9.17, 15) is 25.9 Å². The van der Waals surface area contributed by atoms with Gasteiger partial charge < -0.3 is 18.2 Å². The summed E-state index contributed by atoms with van der Waals surface area (Å²) in [6.45, 7) is 10.2. The van der Waals surface area contributed by atoms with Crippen molar-refractivity contribution >= 4 is 57.9 Å². The smallest absolute Gasteiger partial charge is 0.377 e. The topological polar surface area (TPSA) is 143 Å². The molecule has 2 aromatic rings. The summed E-state index contributed by atoms with van der Waals surface area (Å²) in [5.74, 6) is 0.330. The number of unbranched alkanes of at least 4 members (excludes halogenated alkanes) is 2. The van der Waals surface area contributed by atoms with Crippen molar-refractivity contribution in [2.45, 2.75) is 95.9 Å². The first-order valence-electron chi connectivity index (χ1n) is 20.5. The Morgan fingerprint density at radius 2 is 1.41 bits per heavy atom. The standard InChI is InChI=1S/C44H62N2O9S3Si/c1-43(2)36-20-8-10-22-38(36)45(28-12-14-31-57(47,48)49)40(43)26-24-34-18-16-19-35(42(34)56-30-17-33-59(53-5,54-6)55-7)25-27-41-44(3,4)37-21-9-11-23-39(37)46(41)29-13-15-32-58(50,51)52/h8-11,20-27H,12-19,28-33H2,1-7H3,(H-,47,48,49,50,51,52)/p+1. The van der Waals surface area contributed by atoms with Crippen molar-refractivity contribution in [2.24, 2.45) is 0 Å². The molecule has 0 saturated carbocycles. The van der Waals surface area contributed by atoms with Crippen molar-refractivity contribution < 1.29 is 43.8 Å². The molecule has 0 bridgehead atoms. The van der Waals surface area contributed by atoms with Crippen molar-refractivity contribution in [3.05, 3.63) is 106 Å². The average molecular weight is 888 g/mol. The van der Waals surface area contributed by atoms with Gasteiger partial charge in [-0.3, -0.25) is 9.11 Å². The average Bonchev–Trinajstić information content (AvgIpc) is 3.54. The molecular weight excluding hydrogens is 825 g/mol. The number of para-hydroxylation sites is 2. The quantitative estimate of drug-likeness (QED) is 0.0537. The number of anilines is 1. The molecule has 2 aromatic carbocycles. The molecule has 0 spiro atoms. The van der Waals surface area contributed by atoms with Gasteiger partial charge in [-0.25, -0.2) is 0 Å². The second-order valence-corrected chi connectivity index (χ2v) is 23.8. The SMILES string of the molecule is CO[Si](CCCSC1=C(/C=C/C2=[N+](CCCCS(=O)(=O)O)c3ccccc3C2(C)C)CCC/C1=C\C=C1/N(CCCCS(=O)(=O)O)c2ccccc2C1(C)C)(OC)OC. The van der Waals surface area contributed by atoms with Crippen LogP contribution in [0.4, 0.5) is 11.4 Å². The van der Waals surface area contributed by atoms with E-state index in [1.807, 2.05) is 23.9 Å². The van der Waals surface area contributed by atoms with Crippen molar-refractivity contribution in [1.82, 2.24) is 0 Å². The fourth-order valence-electron chi connectivity index (χ4n) is 8.66. The van der Waals surface area contributed by atoms with Crippen molar-refractivity contribution in [3.63, 3.8) is 0 Å². The molecule has 0 aromatic heterocycles. The number of allylic oxidation sites excluding steroid dienone is 7. The van der Waals surface area contributed by atoms with Crippen molar-refractivity contribution in [3.8, 4) is 0 Å². The summed E-state index contributed by atoms with van der Waals surface area (Å²) in [4.78, 5) is 3.56. The van der Waals surface area contributed by atoms with E-state index in [4.69, 9.17) is 13.3 Å². The maximum Gasteiger partial charge on any atom is 0.500 e. The lowest BCUT2D eigenvalue weighted by molar-refractivity contribution is -0.438. The molecule has 0 saturated heterocycles. The maximum absolute atomic E-state index is 11.5. The summed E-state index contributed by atoms with van der Waals surface area (Å²) in [5.41, 5.74) is 8.92. The van der Waals surface area contributed by atoms with Gasteiger partial charge in [0.25, 0.3) is 20.2 Å². The lowest BCUT2D eigenvalue weighted by Gasteiger charge is -2.28. The predicted octanol–water partition coefficient (Wildman–Crippen LogP) is 9.00. The number of rotatable bonds is 21. The molecule has 324 valence electrons. The first-order chi connectivity index (χ1) is 27.9. The Hall–Kier alpha value is -2.86. The fraction of sp³-hybridized carbons (Fsp3) is 0.523. The first-order valence-corrected chi connectivity index (χ1v) is 26.6. The minimum Gasteiger partial charge on any atom is -0.377 e. The van der Waals surface area contributed by atoms with Gasteiger partial charge in [-0.2, -0.15) is 21.4 Å². The number of hydrogen-bond acceptors (Lipinski definition) is 9. The molecule has 2 aliphatic heterocycles. The van der Waals surface area contributed by atoms with Gasteiger partial charge >= 0.3 is 8.80 Å². The maximum atomic E-state index is 11.5. The monoisotopic (exact) mass is 887 g/mol. The highest BCUT2D eigenvalue weighted by Crippen LogP contribution is 2.48. The number of thioether (sulfide) groups is 1. The van der Waals surface area contributed by atoms with Crippen LogP contribution >= 0.6 is 11.8 Å². The van der Waals surface area contributed by atoms with Crippen LogP contribution in [0.5, 0.6) is 0 Å². The van der Waals surface area contributed by atoms with Crippen LogP contribution in [0.15, 0.2) is 94.6 Å². The zero-order valence-corrected chi connectivity index (χ0v) is 39.1. The molecule has 0 atom stereocenters. The van der Waals surface area contributed by atoms with Gasteiger partial charge in [0.05, 0.1) is 16.9 Å². The van der Waals surface area contributed by atoms with E-state index in [0.717, 1.165) is 54.2 Å². The predicted molar refractivity (Wildman–Crippen MR) is 242 cm³/mol. The van der Waals surface area contributed by atoms with Crippen LogP contribution in [0.3, 0.4) is 0 Å². The fourth-order valence-corrected chi connectivity index (χ4v) is 13.0. The van der Waals surface area contributed by atoms with Crippen LogP contribution in [-0.4, -0.2) is 96.7 Å². The van der Waals surface area contributed by atoms with Gasteiger partial charge in [0.15, 0.2) is 5.71 Å². The molecule has 2 heterocycles. The lowest BCUT2D eigenvalue weighted by Crippen LogP contribution is -2.42. The van der Waals surface area contributed by atoms with Crippen LogP contribution in [0.25, 0.3) is 0 Å². The Bertz CT molecular complexity index is 2200. The third kappa shape index (κ3) is 11.5.